The quantitative estimate of drug-likeness (QED) is 0.546. The minimum Gasteiger partial charge on any atom is -0.437 e. The highest BCUT2D eigenvalue weighted by molar-refractivity contribution is 9.10. The maximum atomic E-state index is 6.00. The lowest BCUT2D eigenvalue weighted by atomic mass is 10.1. The minimum atomic E-state index is 0.357. The molecule has 0 aliphatic heterocycles. The molecule has 0 radical (unpaired) electrons. The summed E-state index contributed by atoms with van der Waals surface area (Å²) < 4.78 is 6.91. The van der Waals surface area contributed by atoms with Crippen LogP contribution >= 0.6 is 27.5 Å². The summed E-state index contributed by atoms with van der Waals surface area (Å²) in [4.78, 5) is 4.50. The molecule has 0 amide bonds. The molecule has 0 atom stereocenters. The molecule has 0 aliphatic carbocycles. The van der Waals surface area contributed by atoms with Crippen molar-refractivity contribution in [3.05, 3.63) is 64.3 Å². The summed E-state index contributed by atoms with van der Waals surface area (Å²) >= 11 is 9.45. The molecule has 0 unspecified atom stereocenters. The van der Waals surface area contributed by atoms with Crippen molar-refractivity contribution in [1.82, 2.24) is 4.98 Å². The topological polar surface area (TPSA) is 22.1 Å². The van der Waals surface area contributed by atoms with E-state index in [1.54, 1.807) is 0 Å². The van der Waals surface area contributed by atoms with Gasteiger partial charge in [0.05, 0.1) is 16.0 Å². The molecule has 4 heteroatoms. The van der Waals surface area contributed by atoms with Gasteiger partial charge in [-0.05, 0) is 58.1 Å². The summed E-state index contributed by atoms with van der Waals surface area (Å²) in [6, 6.07) is 15.9. The number of aromatic nitrogens is 1. The van der Waals surface area contributed by atoms with E-state index in [1.165, 1.54) is 5.56 Å². The maximum Gasteiger partial charge on any atom is 0.227 e. The van der Waals surface area contributed by atoms with Crippen LogP contribution in [0.25, 0.3) is 10.8 Å². The van der Waals surface area contributed by atoms with E-state index in [2.05, 4.69) is 20.9 Å². The van der Waals surface area contributed by atoms with Crippen LogP contribution in [0.4, 0.5) is 0 Å². The third-order valence-electron chi connectivity index (χ3n) is 3.19. The number of nitrogens with zero attached hydrogens (tertiary/aromatic N) is 1. The molecule has 0 spiro atoms. The summed E-state index contributed by atoms with van der Waals surface area (Å²) in [5, 5.41) is 2.04. The SMILES string of the molecule is Cc1ccc(Oc2nc(CCl)cc3ccccc23)c(Br)c1. The number of halogens is 2. The van der Waals surface area contributed by atoms with E-state index in [0.717, 1.165) is 26.7 Å². The van der Waals surface area contributed by atoms with Gasteiger partial charge in [-0.2, -0.15) is 0 Å². The first kappa shape index (κ1) is 14.4. The predicted octanol–water partition coefficient (Wildman–Crippen LogP) is 5.84. The third kappa shape index (κ3) is 3.04. The Morgan fingerprint density at radius 2 is 1.95 bits per heavy atom. The van der Waals surface area contributed by atoms with Crippen LogP contribution in [-0.2, 0) is 5.88 Å². The monoisotopic (exact) mass is 361 g/mol. The van der Waals surface area contributed by atoms with Crippen molar-refractivity contribution in [2.24, 2.45) is 0 Å². The number of pyridine rings is 1. The van der Waals surface area contributed by atoms with Gasteiger partial charge in [-0.25, -0.2) is 4.98 Å². The van der Waals surface area contributed by atoms with Gasteiger partial charge in [0.1, 0.15) is 5.75 Å². The van der Waals surface area contributed by atoms with Crippen LogP contribution in [0.1, 0.15) is 11.3 Å². The fourth-order valence-corrected chi connectivity index (χ4v) is 2.87. The summed E-state index contributed by atoms with van der Waals surface area (Å²) in [6.07, 6.45) is 0. The minimum absolute atomic E-state index is 0.357. The van der Waals surface area contributed by atoms with Crippen molar-refractivity contribution in [3.8, 4) is 11.6 Å². The maximum absolute atomic E-state index is 6.00. The van der Waals surface area contributed by atoms with Gasteiger partial charge < -0.3 is 4.74 Å². The van der Waals surface area contributed by atoms with Gasteiger partial charge in [0.2, 0.25) is 5.88 Å². The Balaban J connectivity index is 2.10. The molecular weight excluding hydrogens is 350 g/mol. The largest absolute Gasteiger partial charge is 0.437 e. The number of hydrogen-bond acceptors (Lipinski definition) is 2. The second-order valence-electron chi connectivity index (χ2n) is 4.81. The highest BCUT2D eigenvalue weighted by Crippen LogP contribution is 2.33. The fraction of sp³-hybridized carbons (Fsp3) is 0.118. The molecule has 1 heterocycles. The Hall–Kier alpha value is -1.58. The number of aryl methyl sites for hydroxylation is 1. The Labute approximate surface area is 136 Å². The summed E-state index contributed by atoms with van der Waals surface area (Å²) in [5.41, 5.74) is 1.97. The van der Waals surface area contributed by atoms with Crippen LogP contribution in [0.15, 0.2) is 53.0 Å². The Bertz CT molecular complexity index is 804. The molecule has 0 bridgehead atoms. The van der Waals surface area contributed by atoms with Crippen LogP contribution in [0.3, 0.4) is 0 Å². The van der Waals surface area contributed by atoms with E-state index in [1.807, 2.05) is 55.5 Å². The second-order valence-corrected chi connectivity index (χ2v) is 5.93. The van der Waals surface area contributed by atoms with Gasteiger partial charge in [0.15, 0.2) is 0 Å². The number of alkyl halides is 1. The number of ether oxygens (including phenoxy) is 1. The molecule has 2 aromatic carbocycles. The molecule has 106 valence electrons. The fourth-order valence-electron chi connectivity index (χ4n) is 2.16. The summed E-state index contributed by atoms with van der Waals surface area (Å²) in [5.74, 6) is 1.68. The van der Waals surface area contributed by atoms with Crippen molar-refractivity contribution in [2.45, 2.75) is 12.8 Å². The van der Waals surface area contributed by atoms with Gasteiger partial charge in [0, 0.05) is 5.39 Å². The lowest BCUT2D eigenvalue weighted by Gasteiger charge is -2.11. The molecule has 3 rings (SSSR count). The zero-order valence-electron chi connectivity index (χ0n) is 11.4. The van der Waals surface area contributed by atoms with Crippen LogP contribution in [0.5, 0.6) is 11.6 Å². The first-order chi connectivity index (χ1) is 10.2. The first-order valence-electron chi connectivity index (χ1n) is 6.56. The molecule has 0 saturated carbocycles. The smallest absolute Gasteiger partial charge is 0.227 e. The average Bonchev–Trinajstić information content (AvgIpc) is 2.49. The average molecular weight is 363 g/mol. The van der Waals surface area contributed by atoms with Crippen LogP contribution < -0.4 is 4.74 Å². The molecule has 21 heavy (non-hydrogen) atoms. The van der Waals surface area contributed by atoms with E-state index in [9.17, 15) is 0 Å². The number of fused-ring (bicyclic) bond motifs is 1. The lowest BCUT2D eigenvalue weighted by molar-refractivity contribution is 0.465. The molecule has 3 aromatic rings. The predicted molar refractivity (Wildman–Crippen MR) is 90.3 cm³/mol. The molecule has 0 aliphatic rings. The van der Waals surface area contributed by atoms with Crippen LogP contribution in [-0.4, -0.2) is 4.98 Å². The zero-order valence-corrected chi connectivity index (χ0v) is 13.8. The summed E-state index contributed by atoms with van der Waals surface area (Å²) in [7, 11) is 0. The van der Waals surface area contributed by atoms with Gasteiger partial charge in [0.25, 0.3) is 0 Å². The highest BCUT2D eigenvalue weighted by atomic mass is 79.9. The molecular formula is C17H13BrClNO. The van der Waals surface area contributed by atoms with Gasteiger partial charge >= 0.3 is 0 Å². The van der Waals surface area contributed by atoms with Crippen molar-refractivity contribution in [1.29, 1.82) is 0 Å². The van der Waals surface area contributed by atoms with E-state index < -0.39 is 0 Å². The van der Waals surface area contributed by atoms with E-state index >= 15 is 0 Å². The van der Waals surface area contributed by atoms with E-state index in [4.69, 9.17) is 16.3 Å². The molecule has 0 N–H and O–H groups in total. The van der Waals surface area contributed by atoms with Crippen molar-refractivity contribution in [2.75, 3.05) is 0 Å². The van der Waals surface area contributed by atoms with Crippen molar-refractivity contribution < 1.29 is 4.74 Å². The lowest BCUT2D eigenvalue weighted by Crippen LogP contribution is -1.94. The first-order valence-corrected chi connectivity index (χ1v) is 7.89. The standard InChI is InChI=1S/C17H13BrClNO/c1-11-6-7-16(15(18)8-11)21-17-14-5-3-2-4-12(14)9-13(10-19)20-17/h2-9H,10H2,1H3. The van der Waals surface area contributed by atoms with Crippen molar-refractivity contribution >= 4 is 38.3 Å². The molecule has 2 nitrogen and oxygen atoms in total. The number of benzene rings is 2. The molecule has 0 fully saturated rings. The van der Waals surface area contributed by atoms with E-state index in [-0.39, 0.29) is 0 Å². The van der Waals surface area contributed by atoms with Crippen LogP contribution in [0, 0.1) is 6.92 Å². The normalized spacial score (nSPS) is 10.8. The zero-order chi connectivity index (χ0) is 14.8. The van der Waals surface area contributed by atoms with E-state index in [0.29, 0.717) is 11.8 Å². The Morgan fingerprint density at radius 1 is 1.14 bits per heavy atom. The number of hydrogen-bond donors (Lipinski definition) is 0. The third-order valence-corrected chi connectivity index (χ3v) is 4.08. The van der Waals surface area contributed by atoms with Crippen molar-refractivity contribution in [3.63, 3.8) is 0 Å². The highest BCUT2D eigenvalue weighted by Gasteiger charge is 2.10. The van der Waals surface area contributed by atoms with Gasteiger partial charge in [-0.1, -0.05) is 24.3 Å². The van der Waals surface area contributed by atoms with Gasteiger partial charge in [-0.3, -0.25) is 0 Å². The Morgan fingerprint density at radius 3 is 2.71 bits per heavy atom. The Kier molecular flexibility index (Phi) is 4.13. The van der Waals surface area contributed by atoms with Gasteiger partial charge in [-0.15, -0.1) is 11.6 Å². The molecule has 0 saturated heterocycles. The second kappa shape index (κ2) is 6.04. The molecule has 1 aromatic heterocycles. The summed E-state index contributed by atoms with van der Waals surface area (Å²) in [6.45, 7) is 2.04. The van der Waals surface area contributed by atoms with Crippen LogP contribution in [0.2, 0.25) is 0 Å². The number of rotatable bonds is 3.